The lowest BCUT2D eigenvalue weighted by molar-refractivity contribution is -0.138. The van der Waals surface area contributed by atoms with Gasteiger partial charge in [0.25, 0.3) is 0 Å². The van der Waals surface area contributed by atoms with Crippen molar-refractivity contribution in [3.05, 3.63) is 0 Å². The number of rotatable bonds is 2. The van der Waals surface area contributed by atoms with Crippen LogP contribution in [0.3, 0.4) is 0 Å². The van der Waals surface area contributed by atoms with E-state index >= 15 is 0 Å². The van der Waals surface area contributed by atoms with Gasteiger partial charge in [0.1, 0.15) is 6.04 Å². The van der Waals surface area contributed by atoms with Gasteiger partial charge in [-0.25, -0.2) is 4.84 Å². The Hall–Kier alpha value is -0.280. The Morgan fingerprint density at radius 1 is 2.00 bits per heavy atom. The second-order valence-electron chi connectivity index (χ2n) is 1.17. The van der Waals surface area contributed by atoms with E-state index in [0.717, 1.165) is 0 Å². The van der Waals surface area contributed by atoms with Crippen LogP contribution in [0.4, 0.5) is 0 Å². The number of hydrogen-bond acceptors (Lipinski definition) is 2. The summed E-state index contributed by atoms with van der Waals surface area (Å²) >= 11 is 4.92. The van der Waals surface area contributed by atoms with Gasteiger partial charge in [0.05, 0.1) is 0 Å². The molecular formula is C3H6ClNO2. The highest BCUT2D eigenvalue weighted by molar-refractivity contribution is 6.14. The van der Waals surface area contributed by atoms with Crippen molar-refractivity contribution in [2.45, 2.75) is 13.0 Å². The van der Waals surface area contributed by atoms with Gasteiger partial charge >= 0.3 is 5.97 Å². The largest absolute Gasteiger partial charge is 0.480 e. The molecule has 0 heterocycles. The highest BCUT2D eigenvalue weighted by Gasteiger charge is 2.05. The molecule has 0 aromatic rings. The van der Waals surface area contributed by atoms with Crippen LogP contribution in [-0.2, 0) is 4.79 Å². The predicted molar refractivity (Wildman–Crippen MR) is 26.1 cm³/mol. The molecule has 3 nitrogen and oxygen atoms in total. The second-order valence-corrected chi connectivity index (χ2v) is 1.39. The van der Waals surface area contributed by atoms with Crippen molar-refractivity contribution in [1.82, 2.24) is 4.84 Å². The van der Waals surface area contributed by atoms with Crippen molar-refractivity contribution >= 4 is 17.7 Å². The van der Waals surface area contributed by atoms with E-state index in [2.05, 4.69) is 0 Å². The number of carbonyl (C=O) groups is 1. The molecule has 0 fully saturated rings. The molecule has 0 bridgehead atoms. The molecule has 2 N–H and O–H groups in total. The molecule has 0 aliphatic rings. The van der Waals surface area contributed by atoms with Crippen molar-refractivity contribution < 1.29 is 9.90 Å². The second kappa shape index (κ2) is 2.82. The van der Waals surface area contributed by atoms with E-state index in [1.807, 2.05) is 4.84 Å². The summed E-state index contributed by atoms with van der Waals surface area (Å²) < 4.78 is 0. The van der Waals surface area contributed by atoms with Crippen LogP contribution in [0.1, 0.15) is 6.92 Å². The summed E-state index contributed by atoms with van der Waals surface area (Å²) in [6.45, 7) is 1.45. The van der Waals surface area contributed by atoms with E-state index in [1.165, 1.54) is 6.92 Å². The summed E-state index contributed by atoms with van der Waals surface area (Å²) in [4.78, 5) is 11.8. The van der Waals surface area contributed by atoms with E-state index in [1.54, 1.807) is 0 Å². The van der Waals surface area contributed by atoms with Crippen molar-refractivity contribution in [3.63, 3.8) is 0 Å². The van der Waals surface area contributed by atoms with Crippen LogP contribution in [0, 0.1) is 0 Å². The number of hydrogen-bond donors (Lipinski definition) is 2. The molecule has 0 saturated heterocycles. The maximum atomic E-state index is 9.78. The first-order valence-corrected chi connectivity index (χ1v) is 2.15. The third kappa shape index (κ3) is 2.42. The van der Waals surface area contributed by atoms with Crippen molar-refractivity contribution in [2.24, 2.45) is 0 Å². The zero-order valence-corrected chi connectivity index (χ0v) is 4.57. The van der Waals surface area contributed by atoms with Crippen molar-refractivity contribution in [3.8, 4) is 0 Å². The molecule has 0 unspecified atom stereocenters. The molecule has 0 radical (unpaired) electrons. The van der Waals surface area contributed by atoms with E-state index in [4.69, 9.17) is 16.9 Å². The predicted octanol–water partition coefficient (Wildman–Crippen LogP) is 0.203. The monoisotopic (exact) mass is 123 g/mol. The average Bonchev–Trinajstić information content (AvgIpc) is 1.65. The molecule has 0 spiro atoms. The summed E-state index contributed by atoms with van der Waals surface area (Å²) in [5, 5.41) is 8.04. The summed E-state index contributed by atoms with van der Waals surface area (Å²) in [5.74, 6) is -0.949. The molecule has 0 aliphatic carbocycles. The SMILES string of the molecule is C[C@@H](NCl)C(=O)O. The van der Waals surface area contributed by atoms with Crippen LogP contribution < -0.4 is 4.84 Å². The van der Waals surface area contributed by atoms with E-state index in [0.29, 0.717) is 0 Å². The molecule has 0 aromatic heterocycles. The third-order valence-corrected chi connectivity index (χ3v) is 0.861. The summed E-state index contributed by atoms with van der Waals surface area (Å²) in [6.07, 6.45) is 0. The van der Waals surface area contributed by atoms with Crippen molar-refractivity contribution in [2.75, 3.05) is 0 Å². The number of carboxylic acid groups (broad SMARTS) is 1. The fourth-order valence-corrected chi connectivity index (χ4v) is 0.140. The summed E-state index contributed by atoms with van der Waals surface area (Å²) in [5.41, 5.74) is 0. The zero-order chi connectivity index (χ0) is 5.86. The fourth-order valence-electron chi connectivity index (χ4n) is 0.0467. The highest BCUT2D eigenvalue weighted by Crippen LogP contribution is 1.79. The van der Waals surface area contributed by atoms with Gasteiger partial charge in [0.2, 0.25) is 0 Å². The molecule has 0 saturated carbocycles. The molecule has 42 valence electrons. The summed E-state index contributed by atoms with van der Waals surface area (Å²) in [7, 11) is 0. The number of halogens is 1. The van der Waals surface area contributed by atoms with Gasteiger partial charge in [-0.2, -0.15) is 0 Å². The van der Waals surface area contributed by atoms with Gasteiger partial charge in [0.15, 0.2) is 0 Å². The first-order valence-electron chi connectivity index (χ1n) is 1.77. The first kappa shape index (κ1) is 6.72. The topological polar surface area (TPSA) is 49.3 Å². The Balaban J connectivity index is 3.34. The van der Waals surface area contributed by atoms with Gasteiger partial charge in [-0.3, -0.25) is 4.79 Å². The van der Waals surface area contributed by atoms with Crippen molar-refractivity contribution in [1.29, 1.82) is 0 Å². The number of nitrogens with one attached hydrogen (secondary N) is 1. The van der Waals surface area contributed by atoms with Crippen LogP contribution in [0.25, 0.3) is 0 Å². The molecule has 0 rings (SSSR count). The minimum absolute atomic E-state index is 0.665. The molecule has 0 amide bonds. The quantitative estimate of drug-likeness (QED) is 0.516. The van der Waals surface area contributed by atoms with Gasteiger partial charge in [-0.15, -0.1) is 0 Å². The summed E-state index contributed by atoms with van der Waals surface area (Å²) in [6, 6.07) is -0.665. The van der Waals surface area contributed by atoms with Gasteiger partial charge < -0.3 is 5.11 Å². The maximum Gasteiger partial charge on any atom is 0.321 e. The van der Waals surface area contributed by atoms with Gasteiger partial charge in [-0.05, 0) is 18.7 Å². The standard InChI is InChI=1S/C3H6ClNO2/c1-2(5-4)3(6)7/h2,5H,1H3,(H,6,7)/t2-/m1/s1. The molecule has 0 aromatic carbocycles. The Labute approximate surface area is 46.4 Å². The molecule has 7 heavy (non-hydrogen) atoms. The minimum atomic E-state index is -0.949. The lowest BCUT2D eigenvalue weighted by Gasteiger charge is -1.97. The number of aliphatic carboxylic acids is 1. The van der Waals surface area contributed by atoms with E-state index in [-0.39, 0.29) is 0 Å². The van der Waals surface area contributed by atoms with Gasteiger partial charge in [0, 0.05) is 0 Å². The first-order chi connectivity index (χ1) is 3.18. The fraction of sp³-hybridized carbons (Fsp3) is 0.667. The third-order valence-electron chi connectivity index (χ3n) is 0.534. The Kier molecular flexibility index (Phi) is 2.71. The maximum absolute atomic E-state index is 9.78. The van der Waals surface area contributed by atoms with Crippen LogP contribution >= 0.6 is 11.8 Å². The lowest BCUT2D eigenvalue weighted by atomic mass is 10.4. The van der Waals surface area contributed by atoms with E-state index in [9.17, 15) is 4.79 Å². The van der Waals surface area contributed by atoms with E-state index < -0.39 is 12.0 Å². The number of carboxylic acids is 1. The van der Waals surface area contributed by atoms with Crippen LogP contribution in [-0.4, -0.2) is 17.1 Å². The molecule has 4 heteroatoms. The smallest absolute Gasteiger partial charge is 0.321 e. The van der Waals surface area contributed by atoms with Gasteiger partial charge in [-0.1, -0.05) is 0 Å². The zero-order valence-electron chi connectivity index (χ0n) is 3.81. The normalized spacial score (nSPS) is 13.4. The average molecular weight is 124 g/mol. The Morgan fingerprint density at radius 3 is 2.43 bits per heavy atom. The molecular weight excluding hydrogens is 117 g/mol. The Bertz CT molecular complexity index is 75.3. The van der Waals surface area contributed by atoms with Crippen LogP contribution in [0.5, 0.6) is 0 Å². The highest BCUT2D eigenvalue weighted by atomic mass is 35.5. The molecule has 0 aliphatic heterocycles. The van der Waals surface area contributed by atoms with Crippen LogP contribution in [0.15, 0.2) is 0 Å². The lowest BCUT2D eigenvalue weighted by Crippen LogP contribution is -2.26. The molecule has 1 atom stereocenters. The Morgan fingerprint density at radius 2 is 2.43 bits per heavy atom. The minimum Gasteiger partial charge on any atom is -0.480 e. The van der Waals surface area contributed by atoms with Crippen LogP contribution in [0.2, 0.25) is 0 Å².